The normalized spacial score (nSPS) is 11.8. The van der Waals surface area contributed by atoms with Crippen LogP contribution in [0.1, 0.15) is 18.4 Å². The Morgan fingerprint density at radius 3 is 2.76 bits per heavy atom. The van der Waals surface area contributed by atoms with Gasteiger partial charge in [-0.05, 0) is 6.92 Å². The van der Waals surface area contributed by atoms with Crippen LogP contribution in [0.3, 0.4) is 0 Å². The number of sulfonamides is 1. The van der Waals surface area contributed by atoms with Gasteiger partial charge in [0.05, 0.1) is 12.2 Å². The highest BCUT2D eigenvalue weighted by Gasteiger charge is 2.26. The van der Waals surface area contributed by atoms with E-state index >= 15 is 0 Å². The van der Waals surface area contributed by atoms with Gasteiger partial charge in [0.25, 0.3) is 10.0 Å². The van der Waals surface area contributed by atoms with Crippen LogP contribution in [0.15, 0.2) is 14.9 Å². The summed E-state index contributed by atoms with van der Waals surface area (Å²) in [4.78, 5) is 10.9. The lowest BCUT2D eigenvalue weighted by Gasteiger charge is -2.12. The maximum absolute atomic E-state index is 12.3. The summed E-state index contributed by atoms with van der Waals surface area (Å²) < 4.78 is 30.4. The van der Waals surface area contributed by atoms with Gasteiger partial charge in [0.15, 0.2) is 0 Å². The Labute approximate surface area is 125 Å². The third kappa shape index (κ3) is 3.62. The molecule has 2 rings (SSSR count). The lowest BCUT2D eigenvalue weighted by Crippen LogP contribution is -2.26. The van der Waals surface area contributed by atoms with Crippen molar-refractivity contribution in [2.75, 3.05) is 12.4 Å². The maximum atomic E-state index is 12.3. The summed E-state index contributed by atoms with van der Waals surface area (Å²) in [5.41, 5.74) is 0.491. The van der Waals surface area contributed by atoms with E-state index in [4.69, 9.17) is 4.52 Å². The summed E-state index contributed by atoms with van der Waals surface area (Å²) in [5.74, 6) is 0.251. The molecule has 0 aliphatic heterocycles. The number of aromatic nitrogens is 3. The molecule has 0 fully saturated rings. The Hall–Kier alpha value is -1.85. The summed E-state index contributed by atoms with van der Waals surface area (Å²) in [7, 11) is -2.40. The SMILES string of the molecule is CC(=O)Nc1nnc(S(=O)(=O)N(C)Cc2cc(C)on2)s1. The molecule has 1 amide bonds. The van der Waals surface area contributed by atoms with Gasteiger partial charge in [0, 0.05) is 20.0 Å². The van der Waals surface area contributed by atoms with Gasteiger partial charge in [-0.25, -0.2) is 8.42 Å². The summed E-state index contributed by atoms with van der Waals surface area (Å²) in [6.07, 6.45) is 0. The Kier molecular flexibility index (Phi) is 4.34. The predicted octanol–water partition coefficient (Wildman–Crippen LogP) is 0.614. The van der Waals surface area contributed by atoms with Crippen molar-refractivity contribution >= 4 is 32.4 Å². The molecule has 21 heavy (non-hydrogen) atoms. The quantitative estimate of drug-likeness (QED) is 0.797. The third-order valence-electron chi connectivity index (χ3n) is 2.38. The molecule has 0 saturated heterocycles. The van der Waals surface area contributed by atoms with E-state index in [0.29, 0.717) is 11.5 Å². The second kappa shape index (κ2) is 5.87. The van der Waals surface area contributed by atoms with Gasteiger partial charge < -0.3 is 9.84 Å². The molecule has 2 heterocycles. The van der Waals surface area contributed by atoms with Crippen molar-refractivity contribution in [1.82, 2.24) is 19.7 Å². The van der Waals surface area contributed by atoms with Crippen LogP contribution in [0, 0.1) is 6.92 Å². The van der Waals surface area contributed by atoms with E-state index < -0.39 is 10.0 Å². The van der Waals surface area contributed by atoms with Gasteiger partial charge in [0.1, 0.15) is 5.76 Å². The van der Waals surface area contributed by atoms with Crippen LogP contribution < -0.4 is 5.32 Å². The minimum absolute atomic E-state index is 0.0503. The van der Waals surface area contributed by atoms with E-state index in [-0.39, 0.29) is 21.9 Å². The molecule has 0 bridgehead atoms. The fraction of sp³-hybridized carbons (Fsp3) is 0.400. The number of rotatable bonds is 5. The molecule has 1 N–H and O–H groups in total. The molecule has 0 spiro atoms. The zero-order chi connectivity index (χ0) is 15.6. The number of amides is 1. The van der Waals surface area contributed by atoms with Gasteiger partial charge in [0.2, 0.25) is 15.4 Å². The first kappa shape index (κ1) is 15.5. The number of carbonyl (C=O) groups is 1. The first-order valence-electron chi connectivity index (χ1n) is 5.78. The highest BCUT2D eigenvalue weighted by atomic mass is 32.2. The average molecular weight is 331 g/mol. The zero-order valence-electron chi connectivity index (χ0n) is 11.5. The van der Waals surface area contributed by atoms with Crippen molar-refractivity contribution in [1.29, 1.82) is 0 Å². The fourth-order valence-electron chi connectivity index (χ4n) is 1.45. The van der Waals surface area contributed by atoms with Crippen LogP contribution in [0.5, 0.6) is 0 Å². The Morgan fingerprint density at radius 2 is 2.19 bits per heavy atom. The second-order valence-electron chi connectivity index (χ2n) is 4.24. The van der Waals surface area contributed by atoms with Gasteiger partial charge in [-0.15, -0.1) is 10.2 Å². The summed E-state index contributed by atoms with van der Waals surface area (Å²) in [6, 6.07) is 1.65. The number of anilines is 1. The van der Waals surface area contributed by atoms with E-state index in [2.05, 4.69) is 20.7 Å². The second-order valence-corrected chi connectivity index (χ2v) is 7.44. The van der Waals surface area contributed by atoms with Crippen LogP contribution >= 0.6 is 11.3 Å². The lowest BCUT2D eigenvalue weighted by molar-refractivity contribution is -0.114. The molecule has 114 valence electrons. The average Bonchev–Trinajstić information content (AvgIpc) is 2.98. The zero-order valence-corrected chi connectivity index (χ0v) is 13.2. The van der Waals surface area contributed by atoms with Gasteiger partial charge >= 0.3 is 0 Å². The van der Waals surface area contributed by atoms with Crippen LogP contribution in [0.4, 0.5) is 5.13 Å². The molecule has 11 heteroatoms. The number of carbonyl (C=O) groups excluding carboxylic acids is 1. The van der Waals surface area contributed by atoms with Gasteiger partial charge in [-0.1, -0.05) is 16.5 Å². The van der Waals surface area contributed by atoms with Gasteiger partial charge in [-0.3, -0.25) is 4.79 Å². The first-order chi connectivity index (χ1) is 9.79. The Morgan fingerprint density at radius 1 is 1.48 bits per heavy atom. The van der Waals surface area contributed by atoms with Gasteiger partial charge in [-0.2, -0.15) is 4.31 Å². The molecule has 0 radical (unpaired) electrons. The molecule has 2 aromatic heterocycles. The molecule has 0 aliphatic rings. The topological polar surface area (TPSA) is 118 Å². The number of nitrogens with zero attached hydrogens (tertiary/aromatic N) is 4. The standard InChI is InChI=1S/C10H13N5O4S2/c1-6-4-8(14-19-6)5-15(3)21(17,18)10-13-12-9(20-10)11-7(2)16/h4H,5H2,1-3H3,(H,11,12,16). The molecular formula is C10H13N5O4S2. The van der Waals surface area contributed by atoms with Crippen molar-refractivity contribution in [3.05, 3.63) is 17.5 Å². The highest BCUT2D eigenvalue weighted by Crippen LogP contribution is 2.23. The summed E-state index contributed by atoms with van der Waals surface area (Å²) >= 11 is 0.785. The smallest absolute Gasteiger partial charge is 0.272 e. The molecule has 0 unspecified atom stereocenters. The Balaban J connectivity index is 2.16. The Bertz CT molecular complexity index is 751. The molecule has 2 aromatic rings. The number of nitrogens with one attached hydrogen (secondary N) is 1. The van der Waals surface area contributed by atoms with Crippen LogP contribution in [-0.2, 0) is 21.4 Å². The monoisotopic (exact) mass is 331 g/mol. The van der Waals surface area contributed by atoms with Crippen molar-refractivity contribution in [3.8, 4) is 0 Å². The van der Waals surface area contributed by atoms with Crippen LogP contribution in [-0.4, -0.2) is 41.0 Å². The molecule has 9 nitrogen and oxygen atoms in total. The number of aryl methyl sites for hydroxylation is 1. The molecular weight excluding hydrogens is 318 g/mol. The van der Waals surface area contributed by atoms with Crippen molar-refractivity contribution in [2.45, 2.75) is 24.7 Å². The van der Waals surface area contributed by atoms with E-state index in [0.717, 1.165) is 15.6 Å². The maximum Gasteiger partial charge on any atom is 0.272 e. The molecule has 0 aromatic carbocycles. The van der Waals surface area contributed by atoms with Crippen molar-refractivity contribution < 1.29 is 17.7 Å². The first-order valence-corrected chi connectivity index (χ1v) is 8.04. The van der Waals surface area contributed by atoms with E-state index in [9.17, 15) is 13.2 Å². The van der Waals surface area contributed by atoms with Crippen LogP contribution in [0.25, 0.3) is 0 Å². The summed E-state index contributed by atoms with van der Waals surface area (Å²) in [5, 5.41) is 13.5. The minimum Gasteiger partial charge on any atom is -0.361 e. The van der Waals surface area contributed by atoms with E-state index in [1.165, 1.54) is 14.0 Å². The fourth-order valence-corrected chi connectivity index (χ4v) is 3.73. The largest absolute Gasteiger partial charge is 0.361 e. The molecule has 0 atom stereocenters. The summed E-state index contributed by atoms with van der Waals surface area (Å²) in [6.45, 7) is 3.07. The van der Waals surface area contributed by atoms with E-state index in [1.807, 2.05) is 0 Å². The van der Waals surface area contributed by atoms with E-state index in [1.54, 1.807) is 13.0 Å². The van der Waals surface area contributed by atoms with Crippen LogP contribution in [0.2, 0.25) is 0 Å². The molecule has 0 saturated carbocycles. The third-order valence-corrected chi connectivity index (χ3v) is 5.37. The predicted molar refractivity (Wildman–Crippen MR) is 74.1 cm³/mol. The van der Waals surface area contributed by atoms with Crippen molar-refractivity contribution in [2.24, 2.45) is 0 Å². The lowest BCUT2D eigenvalue weighted by atomic mass is 10.4. The van der Waals surface area contributed by atoms with Crippen molar-refractivity contribution in [3.63, 3.8) is 0 Å². The highest BCUT2D eigenvalue weighted by molar-refractivity contribution is 7.91. The minimum atomic E-state index is -3.80. The number of hydrogen-bond donors (Lipinski definition) is 1. The number of hydrogen-bond acceptors (Lipinski definition) is 8. The molecule has 0 aliphatic carbocycles.